The normalized spacial score (nSPS) is 13.8. The Hall–Kier alpha value is 0.170. The summed E-state index contributed by atoms with van der Waals surface area (Å²) in [7, 11) is 0. The van der Waals surface area contributed by atoms with E-state index in [4.69, 9.17) is 0 Å². The van der Waals surface area contributed by atoms with Crippen LogP contribution in [0.4, 0.5) is 8.78 Å². The number of nitrogens with one attached hydrogen (secondary N) is 1. The van der Waals surface area contributed by atoms with Gasteiger partial charge in [0.15, 0.2) is 0 Å². The summed E-state index contributed by atoms with van der Waals surface area (Å²) in [6.45, 7) is 2.21. The van der Waals surface area contributed by atoms with Gasteiger partial charge in [0.05, 0.1) is 6.04 Å². The number of halogens is 2. The molecule has 0 spiro atoms. The van der Waals surface area contributed by atoms with Gasteiger partial charge in [0.25, 0.3) is 6.43 Å². The van der Waals surface area contributed by atoms with E-state index in [1.807, 2.05) is 0 Å². The highest BCUT2D eigenvalue weighted by molar-refractivity contribution is 7.98. The molecule has 0 aliphatic heterocycles. The van der Waals surface area contributed by atoms with Gasteiger partial charge in [-0.2, -0.15) is 11.8 Å². The number of alkyl halides is 2. The van der Waals surface area contributed by atoms with Gasteiger partial charge in [-0.15, -0.1) is 0 Å². The Morgan fingerprint density at radius 2 is 2.00 bits per heavy atom. The first kappa shape index (κ1) is 12.2. The van der Waals surface area contributed by atoms with Crippen molar-refractivity contribution in [2.75, 3.05) is 18.6 Å². The smallest absolute Gasteiger partial charge is 0.253 e. The molecule has 0 aliphatic carbocycles. The summed E-state index contributed by atoms with van der Waals surface area (Å²) in [5, 5.41) is 2.78. The molecule has 0 rings (SSSR count). The van der Waals surface area contributed by atoms with Gasteiger partial charge >= 0.3 is 0 Å². The third kappa shape index (κ3) is 6.85. The minimum Gasteiger partial charge on any atom is -0.309 e. The average molecular weight is 197 g/mol. The van der Waals surface area contributed by atoms with Crippen LogP contribution >= 0.6 is 11.8 Å². The summed E-state index contributed by atoms with van der Waals surface area (Å²) in [4.78, 5) is 0. The quantitative estimate of drug-likeness (QED) is 0.629. The van der Waals surface area contributed by atoms with E-state index in [2.05, 4.69) is 11.6 Å². The van der Waals surface area contributed by atoms with Crippen molar-refractivity contribution in [3.8, 4) is 0 Å². The number of hydrogen-bond acceptors (Lipinski definition) is 2. The van der Waals surface area contributed by atoms with Crippen molar-refractivity contribution in [2.24, 2.45) is 0 Å². The van der Waals surface area contributed by atoms with E-state index in [9.17, 15) is 8.78 Å². The Morgan fingerprint density at radius 1 is 1.33 bits per heavy atom. The second-order valence-electron chi connectivity index (χ2n) is 2.78. The van der Waals surface area contributed by atoms with E-state index in [0.717, 1.165) is 18.6 Å². The topological polar surface area (TPSA) is 12.0 Å². The predicted octanol–water partition coefficient (Wildman–Crippen LogP) is 2.37. The van der Waals surface area contributed by atoms with Crippen LogP contribution in [-0.4, -0.2) is 31.0 Å². The zero-order chi connectivity index (χ0) is 9.40. The summed E-state index contributed by atoms with van der Waals surface area (Å²) < 4.78 is 23.9. The molecular formula is C8H17F2NS. The Morgan fingerprint density at radius 3 is 2.50 bits per heavy atom. The van der Waals surface area contributed by atoms with Crippen LogP contribution in [0.15, 0.2) is 0 Å². The zero-order valence-electron chi connectivity index (χ0n) is 7.65. The molecule has 0 radical (unpaired) electrons. The first-order valence-electron chi connectivity index (χ1n) is 4.19. The lowest BCUT2D eigenvalue weighted by Gasteiger charge is -2.11. The van der Waals surface area contributed by atoms with Crippen molar-refractivity contribution in [2.45, 2.75) is 32.2 Å². The molecule has 0 saturated carbocycles. The lowest BCUT2D eigenvalue weighted by atomic mass is 10.3. The van der Waals surface area contributed by atoms with Crippen molar-refractivity contribution in [1.29, 1.82) is 0 Å². The number of rotatable bonds is 7. The molecule has 4 heteroatoms. The first-order chi connectivity index (χ1) is 5.68. The summed E-state index contributed by atoms with van der Waals surface area (Å²) in [6.07, 6.45) is 1.89. The van der Waals surface area contributed by atoms with Crippen LogP contribution in [0.2, 0.25) is 0 Å². The molecule has 74 valence electrons. The third-order valence-corrected chi connectivity index (χ3v) is 2.32. The van der Waals surface area contributed by atoms with E-state index in [0.29, 0.717) is 6.54 Å². The van der Waals surface area contributed by atoms with Gasteiger partial charge in [-0.25, -0.2) is 8.78 Å². The van der Waals surface area contributed by atoms with Crippen molar-refractivity contribution >= 4 is 11.8 Å². The van der Waals surface area contributed by atoms with Crippen molar-refractivity contribution in [3.05, 3.63) is 0 Å². The predicted molar refractivity (Wildman–Crippen MR) is 51.1 cm³/mol. The van der Waals surface area contributed by atoms with Crippen LogP contribution < -0.4 is 5.32 Å². The molecule has 1 unspecified atom stereocenters. The molecule has 1 atom stereocenters. The van der Waals surface area contributed by atoms with Gasteiger partial charge in [-0.3, -0.25) is 0 Å². The fraction of sp³-hybridized carbons (Fsp3) is 1.00. The number of unbranched alkanes of at least 4 members (excludes halogenated alkanes) is 1. The first-order valence-corrected chi connectivity index (χ1v) is 5.58. The van der Waals surface area contributed by atoms with Gasteiger partial charge in [-0.1, -0.05) is 0 Å². The molecule has 1 nitrogen and oxygen atoms in total. The molecule has 0 aromatic rings. The maximum Gasteiger partial charge on any atom is 0.253 e. The SMILES string of the molecule is CSCCCCNC(C)C(F)F. The number of hydrogen-bond donors (Lipinski definition) is 1. The molecule has 0 aromatic heterocycles. The molecule has 12 heavy (non-hydrogen) atoms. The van der Waals surface area contributed by atoms with Crippen LogP contribution in [0.3, 0.4) is 0 Å². The zero-order valence-corrected chi connectivity index (χ0v) is 8.46. The van der Waals surface area contributed by atoms with E-state index in [-0.39, 0.29) is 0 Å². The fourth-order valence-corrected chi connectivity index (χ4v) is 1.28. The van der Waals surface area contributed by atoms with E-state index in [1.165, 1.54) is 6.92 Å². The van der Waals surface area contributed by atoms with Crippen LogP contribution in [0.5, 0.6) is 0 Å². The maximum atomic E-state index is 11.9. The van der Waals surface area contributed by atoms with Gasteiger partial charge < -0.3 is 5.32 Å². The largest absolute Gasteiger partial charge is 0.309 e. The Kier molecular flexibility index (Phi) is 7.91. The molecule has 0 bridgehead atoms. The van der Waals surface area contributed by atoms with Gasteiger partial charge in [0, 0.05) is 0 Å². The van der Waals surface area contributed by atoms with Gasteiger partial charge in [0.2, 0.25) is 0 Å². The van der Waals surface area contributed by atoms with Crippen molar-refractivity contribution < 1.29 is 8.78 Å². The highest BCUT2D eigenvalue weighted by Gasteiger charge is 2.12. The molecule has 0 aliphatic rings. The molecule has 0 saturated heterocycles. The highest BCUT2D eigenvalue weighted by Crippen LogP contribution is 2.01. The second-order valence-corrected chi connectivity index (χ2v) is 3.76. The Labute approximate surface area is 77.3 Å². The van der Waals surface area contributed by atoms with Crippen LogP contribution in [0, 0.1) is 0 Å². The Bertz CT molecular complexity index is 101. The minimum atomic E-state index is -2.24. The second kappa shape index (κ2) is 7.80. The maximum absolute atomic E-state index is 11.9. The minimum absolute atomic E-state index is 0.667. The number of thioether (sulfide) groups is 1. The van der Waals surface area contributed by atoms with Crippen LogP contribution in [0.1, 0.15) is 19.8 Å². The summed E-state index contributed by atoms with van der Waals surface area (Å²) >= 11 is 1.79. The molecule has 1 N–H and O–H groups in total. The molecule has 0 amide bonds. The lowest BCUT2D eigenvalue weighted by Crippen LogP contribution is -2.33. The Balaban J connectivity index is 3.08. The monoisotopic (exact) mass is 197 g/mol. The van der Waals surface area contributed by atoms with Crippen molar-refractivity contribution in [3.63, 3.8) is 0 Å². The average Bonchev–Trinajstić information content (AvgIpc) is 2.03. The van der Waals surface area contributed by atoms with Gasteiger partial charge in [0.1, 0.15) is 0 Å². The molecule has 0 aromatic carbocycles. The van der Waals surface area contributed by atoms with E-state index in [1.54, 1.807) is 11.8 Å². The highest BCUT2D eigenvalue weighted by atomic mass is 32.2. The van der Waals surface area contributed by atoms with Gasteiger partial charge in [-0.05, 0) is 38.3 Å². The summed E-state index contributed by atoms with van der Waals surface area (Å²) in [5.74, 6) is 1.12. The summed E-state index contributed by atoms with van der Waals surface area (Å²) in [5.41, 5.74) is 0. The third-order valence-electron chi connectivity index (χ3n) is 1.62. The lowest BCUT2D eigenvalue weighted by molar-refractivity contribution is 0.106. The molecule has 0 fully saturated rings. The van der Waals surface area contributed by atoms with E-state index >= 15 is 0 Å². The molecule has 0 heterocycles. The van der Waals surface area contributed by atoms with Crippen LogP contribution in [-0.2, 0) is 0 Å². The standard InChI is InChI=1S/C8H17F2NS/c1-7(8(9)10)11-5-3-4-6-12-2/h7-8,11H,3-6H2,1-2H3. The molecular weight excluding hydrogens is 180 g/mol. The van der Waals surface area contributed by atoms with Crippen LogP contribution in [0.25, 0.3) is 0 Å². The summed E-state index contributed by atoms with van der Waals surface area (Å²) in [6, 6.07) is -0.667. The van der Waals surface area contributed by atoms with E-state index < -0.39 is 12.5 Å². The fourth-order valence-electron chi connectivity index (χ4n) is 0.790. The van der Waals surface area contributed by atoms with Crippen molar-refractivity contribution in [1.82, 2.24) is 5.32 Å².